The first-order valence-corrected chi connectivity index (χ1v) is 4.64. The highest BCUT2D eigenvalue weighted by molar-refractivity contribution is 6.23. The smallest absolute Gasteiger partial charge is 0.180 e. The van der Waals surface area contributed by atoms with E-state index in [0.717, 1.165) is 0 Å². The van der Waals surface area contributed by atoms with E-state index in [2.05, 4.69) is 0 Å². The largest absolute Gasteiger partial charge is 0.299 e. The average Bonchev–Trinajstić information content (AvgIpc) is 2.18. The van der Waals surface area contributed by atoms with Crippen LogP contribution in [-0.4, -0.2) is 17.3 Å². The second-order valence-corrected chi connectivity index (χ2v) is 3.38. The molecule has 0 saturated carbocycles. The molecular weight excluding hydrogens is 192 g/mol. The molecule has 0 N–H and O–H groups in total. The van der Waals surface area contributed by atoms with Gasteiger partial charge in [0.15, 0.2) is 5.78 Å². The number of ketones is 3. The van der Waals surface area contributed by atoms with Crippen molar-refractivity contribution in [3.8, 4) is 0 Å². The molecule has 0 bridgehead atoms. The molecule has 0 aliphatic rings. The molecule has 0 amide bonds. The first-order valence-electron chi connectivity index (χ1n) is 4.64. The van der Waals surface area contributed by atoms with Gasteiger partial charge in [-0.1, -0.05) is 30.3 Å². The number of carbonyl (C=O) groups is 3. The van der Waals surface area contributed by atoms with Crippen LogP contribution in [0.3, 0.4) is 0 Å². The Morgan fingerprint density at radius 2 is 1.40 bits per heavy atom. The summed E-state index contributed by atoms with van der Waals surface area (Å²) < 4.78 is 0. The summed E-state index contributed by atoms with van der Waals surface area (Å²) in [6.45, 7) is 2.51. The molecule has 1 aromatic carbocycles. The van der Waals surface area contributed by atoms with E-state index >= 15 is 0 Å². The summed E-state index contributed by atoms with van der Waals surface area (Å²) in [5.74, 6) is -2.38. The predicted molar refractivity (Wildman–Crippen MR) is 55.6 cm³/mol. The van der Waals surface area contributed by atoms with Gasteiger partial charge in [0.2, 0.25) is 0 Å². The zero-order valence-corrected chi connectivity index (χ0v) is 8.69. The molecule has 0 aromatic heterocycles. The van der Waals surface area contributed by atoms with E-state index in [4.69, 9.17) is 0 Å². The van der Waals surface area contributed by atoms with Gasteiger partial charge in [0.05, 0.1) is 0 Å². The highest BCUT2D eigenvalue weighted by Gasteiger charge is 2.28. The predicted octanol–water partition coefficient (Wildman–Crippen LogP) is 1.66. The van der Waals surface area contributed by atoms with Crippen LogP contribution in [0.2, 0.25) is 0 Å². The van der Waals surface area contributed by atoms with Crippen molar-refractivity contribution in [3.63, 3.8) is 0 Å². The minimum atomic E-state index is -1.15. The molecule has 1 aromatic rings. The number of rotatable bonds is 4. The summed E-state index contributed by atoms with van der Waals surface area (Å²) in [7, 11) is 0. The van der Waals surface area contributed by atoms with Crippen LogP contribution in [0.1, 0.15) is 24.2 Å². The molecule has 0 fully saturated rings. The van der Waals surface area contributed by atoms with Crippen molar-refractivity contribution < 1.29 is 14.4 Å². The summed E-state index contributed by atoms with van der Waals surface area (Å²) in [6.07, 6.45) is 0. The summed E-state index contributed by atoms with van der Waals surface area (Å²) in [6, 6.07) is 8.37. The van der Waals surface area contributed by atoms with E-state index in [9.17, 15) is 14.4 Å². The molecular formula is C12H12O3. The minimum Gasteiger partial charge on any atom is -0.299 e. The van der Waals surface area contributed by atoms with Gasteiger partial charge < -0.3 is 0 Å². The summed E-state index contributed by atoms with van der Waals surface area (Å²) >= 11 is 0. The molecule has 78 valence electrons. The molecule has 0 aliphatic heterocycles. The Hall–Kier alpha value is -1.77. The van der Waals surface area contributed by atoms with Crippen molar-refractivity contribution in [2.75, 3.05) is 0 Å². The van der Waals surface area contributed by atoms with Gasteiger partial charge >= 0.3 is 0 Å². The highest BCUT2D eigenvalue weighted by atomic mass is 16.2. The van der Waals surface area contributed by atoms with Crippen LogP contribution in [0.15, 0.2) is 30.3 Å². The lowest BCUT2D eigenvalue weighted by atomic mass is 9.91. The van der Waals surface area contributed by atoms with E-state index in [1.807, 2.05) is 0 Å². The molecule has 1 rings (SSSR count). The van der Waals surface area contributed by atoms with Gasteiger partial charge in [0.1, 0.15) is 17.5 Å². The Morgan fingerprint density at radius 1 is 0.933 bits per heavy atom. The Kier molecular flexibility index (Phi) is 3.50. The van der Waals surface area contributed by atoms with Crippen LogP contribution in [-0.2, 0) is 9.59 Å². The van der Waals surface area contributed by atoms with Crippen molar-refractivity contribution in [2.45, 2.75) is 13.8 Å². The Bertz CT molecular complexity index is 379. The van der Waals surface area contributed by atoms with Gasteiger partial charge in [-0.3, -0.25) is 14.4 Å². The lowest BCUT2D eigenvalue weighted by molar-refractivity contribution is -0.128. The van der Waals surface area contributed by atoms with Crippen molar-refractivity contribution in [1.82, 2.24) is 0 Å². The van der Waals surface area contributed by atoms with Crippen LogP contribution in [0.4, 0.5) is 0 Å². The standard InChI is InChI=1S/C12H12O3/c1-8(13)11(9(2)14)12(15)10-6-4-3-5-7-10/h3-7,11H,1-2H3. The monoisotopic (exact) mass is 204 g/mol. The van der Waals surface area contributed by atoms with Crippen molar-refractivity contribution in [2.24, 2.45) is 5.92 Å². The first-order chi connectivity index (χ1) is 7.04. The molecule has 0 heterocycles. The number of hydrogen-bond donors (Lipinski definition) is 0. The van der Waals surface area contributed by atoms with Gasteiger partial charge in [-0.25, -0.2) is 0 Å². The zero-order valence-electron chi connectivity index (χ0n) is 8.69. The van der Waals surface area contributed by atoms with Gasteiger partial charge in [0.25, 0.3) is 0 Å². The summed E-state index contributed by atoms with van der Waals surface area (Å²) in [5, 5.41) is 0. The quantitative estimate of drug-likeness (QED) is 0.553. The summed E-state index contributed by atoms with van der Waals surface area (Å²) in [4.78, 5) is 34.1. The Morgan fingerprint density at radius 3 is 1.80 bits per heavy atom. The van der Waals surface area contributed by atoms with Gasteiger partial charge in [-0.15, -0.1) is 0 Å². The lowest BCUT2D eigenvalue weighted by Crippen LogP contribution is -2.28. The number of benzene rings is 1. The summed E-state index contributed by atoms with van der Waals surface area (Å²) in [5.41, 5.74) is 0.396. The lowest BCUT2D eigenvalue weighted by Gasteiger charge is -2.08. The first kappa shape index (κ1) is 11.3. The second kappa shape index (κ2) is 4.64. The van der Waals surface area contributed by atoms with Gasteiger partial charge in [0, 0.05) is 5.56 Å². The van der Waals surface area contributed by atoms with E-state index in [-0.39, 0.29) is 0 Å². The Balaban J connectivity index is 3.02. The van der Waals surface area contributed by atoms with E-state index in [0.29, 0.717) is 5.56 Å². The molecule has 0 unspecified atom stereocenters. The zero-order chi connectivity index (χ0) is 11.4. The van der Waals surface area contributed by atoms with Crippen molar-refractivity contribution in [3.05, 3.63) is 35.9 Å². The minimum absolute atomic E-state index is 0.396. The molecule has 0 radical (unpaired) electrons. The maximum absolute atomic E-state index is 11.8. The van der Waals surface area contributed by atoms with Crippen LogP contribution >= 0.6 is 0 Å². The fourth-order valence-electron chi connectivity index (χ4n) is 1.42. The highest BCUT2D eigenvalue weighted by Crippen LogP contribution is 2.11. The van der Waals surface area contributed by atoms with Crippen LogP contribution in [0, 0.1) is 5.92 Å². The molecule has 0 saturated heterocycles. The van der Waals surface area contributed by atoms with Crippen molar-refractivity contribution in [1.29, 1.82) is 0 Å². The van der Waals surface area contributed by atoms with E-state index < -0.39 is 23.3 Å². The SMILES string of the molecule is CC(=O)C(C(C)=O)C(=O)c1ccccc1. The van der Waals surface area contributed by atoms with Gasteiger partial charge in [-0.2, -0.15) is 0 Å². The molecule has 3 heteroatoms. The topological polar surface area (TPSA) is 51.2 Å². The Labute approximate surface area is 88.1 Å². The average molecular weight is 204 g/mol. The molecule has 15 heavy (non-hydrogen) atoms. The maximum atomic E-state index is 11.8. The third-order valence-corrected chi connectivity index (χ3v) is 2.13. The van der Waals surface area contributed by atoms with Gasteiger partial charge in [-0.05, 0) is 13.8 Å². The normalized spacial score (nSPS) is 10.1. The number of carbonyl (C=O) groups excluding carboxylic acids is 3. The number of Topliss-reactive ketones (excluding diaryl/α,β-unsaturated/α-hetero) is 3. The maximum Gasteiger partial charge on any atom is 0.180 e. The third-order valence-electron chi connectivity index (χ3n) is 2.13. The molecule has 0 aliphatic carbocycles. The second-order valence-electron chi connectivity index (χ2n) is 3.38. The van der Waals surface area contributed by atoms with Crippen molar-refractivity contribution >= 4 is 17.3 Å². The molecule has 0 spiro atoms. The molecule has 3 nitrogen and oxygen atoms in total. The van der Waals surface area contributed by atoms with E-state index in [1.54, 1.807) is 30.3 Å². The number of hydrogen-bond acceptors (Lipinski definition) is 3. The van der Waals surface area contributed by atoms with Crippen LogP contribution in [0.25, 0.3) is 0 Å². The molecule has 0 atom stereocenters. The van der Waals surface area contributed by atoms with Crippen LogP contribution < -0.4 is 0 Å². The fraction of sp³-hybridized carbons (Fsp3) is 0.250. The fourth-order valence-corrected chi connectivity index (χ4v) is 1.42. The van der Waals surface area contributed by atoms with Crippen LogP contribution in [0.5, 0.6) is 0 Å². The van der Waals surface area contributed by atoms with E-state index in [1.165, 1.54) is 13.8 Å². The third kappa shape index (κ3) is 2.59.